The van der Waals surface area contributed by atoms with E-state index in [2.05, 4.69) is 34.0 Å². The van der Waals surface area contributed by atoms with E-state index < -0.39 is 12.0 Å². The summed E-state index contributed by atoms with van der Waals surface area (Å²) in [5.74, 6) is -0.641. The summed E-state index contributed by atoms with van der Waals surface area (Å²) >= 11 is 0. The maximum atomic E-state index is 12.3. The molecule has 1 unspecified atom stereocenters. The quantitative estimate of drug-likeness (QED) is 0.134. The second-order valence-corrected chi connectivity index (χ2v) is 10.5. The van der Waals surface area contributed by atoms with Gasteiger partial charge in [0.1, 0.15) is 11.6 Å². The van der Waals surface area contributed by atoms with Gasteiger partial charge in [0.05, 0.1) is 25.7 Å². The van der Waals surface area contributed by atoms with Crippen LogP contribution in [0.5, 0.6) is 0 Å². The number of ether oxygens (including phenoxy) is 2. The summed E-state index contributed by atoms with van der Waals surface area (Å²) in [6.45, 7) is 6.80. The zero-order valence-corrected chi connectivity index (χ0v) is 24.0. The summed E-state index contributed by atoms with van der Waals surface area (Å²) in [7, 11) is 0. The van der Waals surface area contributed by atoms with Crippen LogP contribution in [0.1, 0.15) is 91.4 Å². The summed E-state index contributed by atoms with van der Waals surface area (Å²) in [5.41, 5.74) is 12.9. The molecule has 0 radical (unpaired) electrons. The Morgan fingerprint density at radius 2 is 1.74 bits per heavy atom. The van der Waals surface area contributed by atoms with Crippen molar-refractivity contribution in [3.8, 4) is 0 Å². The fourth-order valence-electron chi connectivity index (χ4n) is 4.11. The Kier molecular flexibility index (Phi) is 15.1. The molecule has 0 aromatic carbocycles. The lowest BCUT2D eigenvalue weighted by Crippen LogP contribution is -2.38. The zero-order valence-electron chi connectivity index (χ0n) is 24.0. The standard InChI is InChI=1S/C29H48N6O4/c1-4-5-6-7-8-9-10-11-12-13-14-15-25(36)38-17-16-23(20-39-28(37)26(30)22(2)3)19-35-21-33-24-18-32-29(31)34-27(24)35/h7-8,18,21-23,26H,4-6,9-17,19-20,30H2,1-3H3,(H2,31,32,34)/t23?,26-/m0/s1. The molecule has 39 heavy (non-hydrogen) atoms. The molecule has 2 aromatic rings. The number of carbonyl (C=O) groups excluding carboxylic acids is 2. The minimum atomic E-state index is -0.688. The van der Waals surface area contributed by atoms with Crippen LogP contribution in [0, 0.1) is 11.8 Å². The van der Waals surface area contributed by atoms with Gasteiger partial charge >= 0.3 is 11.9 Å². The molecule has 0 aliphatic heterocycles. The van der Waals surface area contributed by atoms with Gasteiger partial charge in [-0.25, -0.2) is 9.97 Å². The number of anilines is 1. The first-order valence-corrected chi connectivity index (χ1v) is 14.5. The average Bonchev–Trinajstić information content (AvgIpc) is 3.30. The van der Waals surface area contributed by atoms with Crippen molar-refractivity contribution in [3.63, 3.8) is 0 Å². The molecule has 218 valence electrons. The third-order valence-corrected chi connectivity index (χ3v) is 6.72. The van der Waals surface area contributed by atoms with Crippen molar-refractivity contribution in [2.45, 2.75) is 104 Å². The van der Waals surface area contributed by atoms with Crippen molar-refractivity contribution in [3.05, 3.63) is 24.7 Å². The van der Waals surface area contributed by atoms with Gasteiger partial charge in [0.25, 0.3) is 0 Å². The molecule has 0 saturated carbocycles. The number of esters is 2. The number of rotatable bonds is 20. The molecule has 0 spiro atoms. The van der Waals surface area contributed by atoms with Gasteiger partial charge in [0.2, 0.25) is 5.95 Å². The topological polar surface area (TPSA) is 148 Å². The van der Waals surface area contributed by atoms with Crippen LogP contribution in [-0.2, 0) is 25.6 Å². The van der Waals surface area contributed by atoms with Crippen LogP contribution in [0.3, 0.4) is 0 Å². The van der Waals surface area contributed by atoms with Crippen molar-refractivity contribution in [1.29, 1.82) is 0 Å². The number of fused-ring (bicyclic) bond motifs is 1. The van der Waals surface area contributed by atoms with Crippen molar-refractivity contribution < 1.29 is 19.1 Å². The molecular formula is C29H48N6O4. The number of unbranched alkanes of at least 4 members (excludes halogenated alkanes) is 7. The van der Waals surface area contributed by atoms with E-state index in [1.165, 1.54) is 32.1 Å². The molecule has 2 atom stereocenters. The van der Waals surface area contributed by atoms with E-state index in [0.29, 0.717) is 30.6 Å². The second kappa shape index (κ2) is 18.3. The van der Waals surface area contributed by atoms with Gasteiger partial charge in [-0.3, -0.25) is 9.59 Å². The molecule has 10 nitrogen and oxygen atoms in total. The first-order valence-electron chi connectivity index (χ1n) is 14.5. The van der Waals surface area contributed by atoms with E-state index in [4.69, 9.17) is 20.9 Å². The van der Waals surface area contributed by atoms with Gasteiger partial charge in [0.15, 0.2) is 5.65 Å². The third kappa shape index (κ3) is 12.6. The van der Waals surface area contributed by atoms with Crippen molar-refractivity contribution in [2.75, 3.05) is 18.9 Å². The summed E-state index contributed by atoms with van der Waals surface area (Å²) in [6.07, 6.45) is 18.9. The fourth-order valence-corrected chi connectivity index (χ4v) is 4.11. The van der Waals surface area contributed by atoms with E-state index in [1.54, 1.807) is 12.5 Å². The number of nitrogens with zero attached hydrogens (tertiary/aromatic N) is 4. The Bertz CT molecular complexity index is 1020. The Balaban J connectivity index is 1.75. The first kappa shape index (κ1) is 32.2. The van der Waals surface area contributed by atoms with Gasteiger partial charge in [-0.1, -0.05) is 65.0 Å². The van der Waals surface area contributed by atoms with Crippen LogP contribution in [0.15, 0.2) is 24.7 Å². The van der Waals surface area contributed by atoms with Crippen LogP contribution in [0.25, 0.3) is 11.2 Å². The highest BCUT2D eigenvalue weighted by molar-refractivity contribution is 5.75. The Labute approximate surface area is 232 Å². The normalized spacial score (nSPS) is 13.3. The maximum Gasteiger partial charge on any atom is 0.323 e. The number of imidazole rings is 1. The van der Waals surface area contributed by atoms with Crippen molar-refractivity contribution in [2.24, 2.45) is 17.6 Å². The molecule has 2 heterocycles. The van der Waals surface area contributed by atoms with E-state index in [0.717, 1.165) is 25.7 Å². The maximum absolute atomic E-state index is 12.3. The van der Waals surface area contributed by atoms with Gasteiger partial charge in [-0.2, -0.15) is 4.98 Å². The molecule has 0 bridgehead atoms. The van der Waals surface area contributed by atoms with Crippen LogP contribution < -0.4 is 11.5 Å². The number of allylic oxidation sites excluding steroid dienone is 2. The number of hydrogen-bond donors (Lipinski definition) is 2. The number of hydrogen-bond acceptors (Lipinski definition) is 9. The van der Waals surface area contributed by atoms with Crippen LogP contribution >= 0.6 is 0 Å². The molecule has 0 aliphatic rings. The average molecular weight is 545 g/mol. The first-order chi connectivity index (χ1) is 18.8. The second-order valence-electron chi connectivity index (χ2n) is 10.5. The number of carbonyl (C=O) groups is 2. The van der Waals surface area contributed by atoms with Crippen LogP contribution in [0.2, 0.25) is 0 Å². The number of nitrogens with two attached hydrogens (primary N) is 2. The minimum Gasteiger partial charge on any atom is -0.466 e. The van der Waals surface area contributed by atoms with E-state index in [-0.39, 0.29) is 37.0 Å². The molecule has 4 N–H and O–H groups in total. The van der Waals surface area contributed by atoms with E-state index in [9.17, 15) is 9.59 Å². The highest BCUT2D eigenvalue weighted by Gasteiger charge is 2.22. The minimum absolute atomic E-state index is 0.0263. The molecule has 2 aromatic heterocycles. The SMILES string of the molecule is CCCCC=CCCCCCCCC(=O)OCCC(COC(=O)[C@@H](N)C(C)C)Cn1cnc2cnc(N)nc21. The molecule has 0 fully saturated rings. The Morgan fingerprint density at radius 1 is 1.03 bits per heavy atom. The zero-order chi connectivity index (χ0) is 28.5. The highest BCUT2D eigenvalue weighted by Crippen LogP contribution is 2.16. The molecule has 0 amide bonds. The van der Waals surface area contributed by atoms with Gasteiger partial charge in [-0.15, -0.1) is 0 Å². The smallest absolute Gasteiger partial charge is 0.323 e. The molecule has 2 rings (SSSR count). The summed E-state index contributed by atoms with van der Waals surface area (Å²) in [4.78, 5) is 37.1. The van der Waals surface area contributed by atoms with Gasteiger partial charge < -0.3 is 25.5 Å². The number of nitrogen functional groups attached to an aromatic ring is 1. The Morgan fingerprint density at radius 3 is 2.49 bits per heavy atom. The van der Waals surface area contributed by atoms with Crippen molar-refractivity contribution >= 4 is 29.1 Å². The lowest BCUT2D eigenvalue weighted by molar-refractivity contribution is -0.149. The largest absolute Gasteiger partial charge is 0.466 e. The Hall–Kier alpha value is -3.01. The monoisotopic (exact) mass is 544 g/mol. The van der Waals surface area contributed by atoms with E-state index >= 15 is 0 Å². The number of aromatic nitrogens is 4. The lowest BCUT2D eigenvalue weighted by Gasteiger charge is -2.20. The fraction of sp³-hybridized carbons (Fsp3) is 0.690. The summed E-state index contributed by atoms with van der Waals surface area (Å²) in [6, 6.07) is -0.688. The van der Waals surface area contributed by atoms with Gasteiger partial charge in [-0.05, 0) is 38.0 Å². The molecule has 10 heteroatoms. The predicted octanol–water partition coefficient (Wildman–Crippen LogP) is 4.96. The molecular weight excluding hydrogens is 496 g/mol. The van der Waals surface area contributed by atoms with Crippen LogP contribution in [0.4, 0.5) is 5.95 Å². The van der Waals surface area contributed by atoms with Gasteiger partial charge in [0, 0.05) is 18.9 Å². The van der Waals surface area contributed by atoms with Crippen molar-refractivity contribution in [1.82, 2.24) is 19.5 Å². The summed E-state index contributed by atoms with van der Waals surface area (Å²) < 4.78 is 12.9. The van der Waals surface area contributed by atoms with E-state index in [1.807, 2.05) is 18.4 Å². The summed E-state index contributed by atoms with van der Waals surface area (Å²) in [5, 5.41) is 0. The van der Waals surface area contributed by atoms with Crippen LogP contribution in [-0.4, -0.2) is 50.7 Å². The predicted molar refractivity (Wildman–Crippen MR) is 154 cm³/mol. The molecule has 0 saturated heterocycles. The lowest BCUT2D eigenvalue weighted by atomic mass is 10.1. The molecule has 0 aliphatic carbocycles. The third-order valence-electron chi connectivity index (χ3n) is 6.72. The highest BCUT2D eigenvalue weighted by atomic mass is 16.5.